The number of morpholine rings is 1. The summed E-state index contributed by atoms with van der Waals surface area (Å²) in [5.41, 5.74) is 2.58. The third kappa shape index (κ3) is 4.64. The highest BCUT2D eigenvalue weighted by atomic mass is 16.5. The van der Waals surface area contributed by atoms with E-state index in [1.165, 1.54) is 0 Å². The standard InChI is InChI=1S/C21H30N6O2/c1-3-22-21(28)16-5-10-26(11-6-16)13-17-14-27(12-15(2)29-17)18-4-7-24-20-19(18)23-8-9-25-20/h4,7-9,15-17H,3,5-6,10-14H2,1-2H3,(H,22,28). The maximum Gasteiger partial charge on any atom is 0.223 e. The predicted octanol–water partition coefficient (Wildman–Crippen LogP) is 1.47. The van der Waals surface area contributed by atoms with Crippen molar-refractivity contribution in [3.63, 3.8) is 0 Å². The molecule has 4 rings (SSSR count). The third-order valence-corrected chi connectivity index (χ3v) is 5.79. The molecule has 8 nitrogen and oxygen atoms in total. The highest BCUT2D eigenvalue weighted by Gasteiger charge is 2.31. The molecule has 8 heteroatoms. The van der Waals surface area contributed by atoms with Crippen molar-refractivity contribution in [1.82, 2.24) is 25.2 Å². The number of hydrogen-bond acceptors (Lipinski definition) is 7. The Labute approximate surface area is 171 Å². The van der Waals surface area contributed by atoms with E-state index in [2.05, 4.69) is 37.0 Å². The van der Waals surface area contributed by atoms with E-state index in [1.54, 1.807) is 18.6 Å². The van der Waals surface area contributed by atoms with Crippen molar-refractivity contribution in [2.45, 2.75) is 38.9 Å². The smallest absolute Gasteiger partial charge is 0.223 e. The Morgan fingerprint density at radius 1 is 1.17 bits per heavy atom. The molecule has 2 saturated heterocycles. The second kappa shape index (κ2) is 9.00. The summed E-state index contributed by atoms with van der Waals surface area (Å²) in [6, 6.07) is 2.02. The largest absolute Gasteiger partial charge is 0.370 e. The molecule has 0 aromatic carbocycles. The van der Waals surface area contributed by atoms with Crippen molar-refractivity contribution in [2.24, 2.45) is 5.92 Å². The highest BCUT2D eigenvalue weighted by molar-refractivity contribution is 5.85. The number of rotatable bonds is 5. The Bertz CT molecular complexity index is 834. The fourth-order valence-corrected chi connectivity index (χ4v) is 4.45. The Morgan fingerprint density at radius 3 is 2.72 bits per heavy atom. The fraction of sp³-hybridized carbons (Fsp3) is 0.619. The zero-order chi connectivity index (χ0) is 20.2. The number of carbonyl (C=O) groups is 1. The summed E-state index contributed by atoms with van der Waals surface area (Å²) >= 11 is 0. The van der Waals surface area contributed by atoms with E-state index >= 15 is 0 Å². The monoisotopic (exact) mass is 398 g/mol. The van der Waals surface area contributed by atoms with Gasteiger partial charge in [-0.25, -0.2) is 15.0 Å². The molecule has 1 N–H and O–H groups in total. The lowest BCUT2D eigenvalue weighted by Gasteiger charge is -2.41. The Balaban J connectivity index is 1.39. The Hall–Kier alpha value is -2.32. The highest BCUT2D eigenvalue weighted by Crippen LogP contribution is 2.26. The number of amides is 1. The first-order valence-corrected chi connectivity index (χ1v) is 10.6. The first-order valence-electron chi connectivity index (χ1n) is 10.6. The summed E-state index contributed by atoms with van der Waals surface area (Å²) < 4.78 is 6.25. The lowest BCUT2D eigenvalue weighted by Crippen LogP contribution is -2.52. The number of piperidine rings is 1. The van der Waals surface area contributed by atoms with Crippen molar-refractivity contribution < 1.29 is 9.53 Å². The topological polar surface area (TPSA) is 83.5 Å². The summed E-state index contributed by atoms with van der Waals surface area (Å²) in [4.78, 5) is 30.0. The quantitative estimate of drug-likeness (QED) is 0.816. The maximum absolute atomic E-state index is 12.1. The number of nitrogens with one attached hydrogen (secondary N) is 1. The van der Waals surface area contributed by atoms with Crippen LogP contribution in [0.25, 0.3) is 11.2 Å². The minimum atomic E-state index is 0.125. The number of aromatic nitrogens is 3. The normalized spacial score (nSPS) is 24.0. The van der Waals surface area contributed by atoms with Gasteiger partial charge in [-0.2, -0.15) is 0 Å². The van der Waals surface area contributed by atoms with Crippen LogP contribution in [-0.4, -0.2) is 77.2 Å². The second-order valence-corrected chi connectivity index (χ2v) is 8.00. The lowest BCUT2D eigenvalue weighted by atomic mass is 9.95. The van der Waals surface area contributed by atoms with Crippen LogP contribution in [0.5, 0.6) is 0 Å². The van der Waals surface area contributed by atoms with Crippen LogP contribution in [-0.2, 0) is 9.53 Å². The maximum atomic E-state index is 12.1. The number of likely N-dealkylation sites (tertiary alicyclic amines) is 1. The predicted molar refractivity (Wildman–Crippen MR) is 112 cm³/mol. The molecule has 0 spiro atoms. The van der Waals surface area contributed by atoms with Gasteiger partial charge in [0, 0.05) is 50.7 Å². The van der Waals surface area contributed by atoms with Crippen molar-refractivity contribution in [1.29, 1.82) is 0 Å². The van der Waals surface area contributed by atoms with E-state index in [-0.39, 0.29) is 24.0 Å². The van der Waals surface area contributed by atoms with Crippen LogP contribution in [0.3, 0.4) is 0 Å². The molecular formula is C21H30N6O2. The SMILES string of the molecule is CCNC(=O)C1CCN(CC2CN(c3ccnc4nccnc34)CC(C)O2)CC1. The zero-order valence-electron chi connectivity index (χ0n) is 17.3. The van der Waals surface area contributed by atoms with Gasteiger partial charge >= 0.3 is 0 Å². The minimum Gasteiger partial charge on any atom is -0.370 e. The summed E-state index contributed by atoms with van der Waals surface area (Å²) in [6.45, 7) is 9.21. The zero-order valence-corrected chi connectivity index (χ0v) is 17.3. The average molecular weight is 399 g/mol. The van der Waals surface area contributed by atoms with Gasteiger partial charge in [0.25, 0.3) is 0 Å². The molecular weight excluding hydrogens is 368 g/mol. The number of pyridine rings is 1. The van der Waals surface area contributed by atoms with Crippen molar-refractivity contribution in [2.75, 3.05) is 44.2 Å². The van der Waals surface area contributed by atoms with Gasteiger partial charge in [0.05, 0.1) is 17.9 Å². The number of ether oxygens (including phenoxy) is 1. The first-order chi connectivity index (χ1) is 14.1. The summed E-state index contributed by atoms with van der Waals surface area (Å²) in [6.07, 6.45) is 7.29. The molecule has 156 valence electrons. The molecule has 4 heterocycles. The minimum absolute atomic E-state index is 0.125. The molecule has 0 aliphatic carbocycles. The van der Waals surface area contributed by atoms with Crippen LogP contribution in [0.2, 0.25) is 0 Å². The first kappa shape index (κ1) is 20.0. The number of fused-ring (bicyclic) bond motifs is 1. The molecule has 2 aromatic rings. The lowest BCUT2D eigenvalue weighted by molar-refractivity contribution is -0.126. The fourth-order valence-electron chi connectivity index (χ4n) is 4.45. The Morgan fingerprint density at radius 2 is 1.93 bits per heavy atom. The van der Waals surface area contributed by atoms with E-state index in [9.17, 15) is 4.79 Å². The number of anilines is 1. The van der Waals surface area contributed by atoms with Gasteiger partial charge < -0.3 is 19.9 Å². The van der Waals surface area contributed by atoms with Crippen LogP contribution >= 0.6 is 0 Å². The average Bonchev–Trinajstić information content (AvgIpc) is 2.73. The number of carbonyl (C=O) groups excluding carboxylic acids is 1. The van der Waals surface area contributed by atoms with E-state index in [4.69, 9.17) is 4.74 Å². The van der Waals surface area contributed by atoms with Gasteiger partial charge in [-0.05, 0) is 45.8 Å². The number of nitrogens with zero attached hydrogens (tertiary/aromatic N) is 5. The molecule has 0 bridgehead atoms. The summed E-state index contributed by atoms with van der Waals surface area (Å²) in [5, 5.41) is 2.95. The van der Waals surface area contributed by atoms with Crippen LogP contribution in [0.4, 0.5) is 5.69 Å². The van der Waals surface area contributed by atoms with E-state index in [0.717, 1.165) is 56.8 Å². The van der Waals surface area contributed by atoms with Gasteiger partial charge in [0.15, 0.2) is 5.65 Å². The van der Waals surface area contributed by atoms with Gasteiger partial charge in [-0.15, -0.1) is 0 Å². The molecule has 2 atom stereocenters. The molecule has 2 fully saturated rings. The molecule has 2 aliphatic heterocycles. The molecule has 2 unspecified atom stereocenters. The second-order valence-electron chi connectivity index (χ2n) is 8.00. The van der Waals surface area contributed by atoms with Gasteiger partial charge in [0.1, 0.15) is 5.52 Å². The van der Waals surface area contributed by atoms with Crippen LogP contribution < -0.4 is 10.2 Å². The molecule has 0 radical (unpaired) electrons. The molecule has 2 aromatic heterocycles. The summed E-state index contributed by atoms with van der Waals surface area (Å²) in [5.74, 6) is 0.349. The molecule has 29 heavy (non-hydrogen) atoms. The van der Waals surface area contributed by atoms with Crippen LogP contribution in [0.15, 0.2) is 24.7 Å². The van der Waals surface area contributed by atoms with E-state index in [0.29, 0.717) is 12.2 Å². The number of hydrogen-bond donors (Lipinski definition) is 1. The summed E-state index contributed by atoms with van der Waals surface area (Å²) in [7, 11) is 0. The van der Waals surface area contributed by atoms with Crippen molar-refractivity contribution in [3.8, 4) is 0 Å². The van der Waals surface area contributed by atoms with E-state index < -0.39 is 0 Å². The van der Waals surface area contributed by atoms with Gasteiger partial charge in [0.2, 0.25) is 5.91 Å². The van der Waals surface area contributed by atoms with Crippen LogP contribution in [0.1, 0.15) is 26.7 Å². The van der Waals surface area contributed by atoms with Gasteiger partial charge in [-0.1, -0.05) is 0 Å². The molecule has 0 saturated carbocycles. The van der Waals surface area contributed by atoms with Crippen molar-refractivity contribution in [3.05, 3.63) is 24.7 Å². The van der Waals surface area contributed by atoms with Gasteiger partial charge in [-0.3, -0.25) is 4.79 Å². The molecule has 2 aliphatic rings. The van der Waals surface area contributed by atoms with Crippen molar-refractivity contribution >= 4 is 22.8 Å². The Kier molecular flexibility index (Phi) is 6.20. The third-order valence-electron chi connectivity index (χ3n) is 5.79. The van der Waals surface area contributed by atoms with E-state index in [1.807, 2.05) is 13.0 Å². The molecule has 1 amide bonds. The van der Waals surface area contributed by atoms with Crippen LogP contribution in [0, 0.1) is 5.92 Å².